The molecule has 2 fully saturated rings. The number of carbonyl (C=O) groups is 1. The van der Waals surface area contributed by atoms with Gasteiger partial charge in [-0.2, -0.15) is 0 Å². The lowest BCUT2D eigenvalue weighted by molar-refractivity contribution is -0.139. The van der Waals surface area contributed by atoms with Gasteiger partial charge in [0.2, 0.25) is 5.91 Å². The van der Waals surface area contributed by atoms with Crippen LogP contribution in [0.5, 0.6) is 0 Å². The molecule has 3 heteroatoms. The zero-order chi connectivity index (χ0) is 13.2. The topological polar surface area (TPSA) is 55.1 Å². The molecule has 0 bridgehead atoms. The maximum atomic E-state index is 12.4. The predicted octanol–water partition coefficient (Wildman–Crippen LogP) is 2.45. The summed E-state index contributed by atoms with van der Waals surface area (Å²) in [6, 6.07) is 0.317. The van der Waals surface area contributed by atoms with Gasteiger partial charge in [-0.25, -0.2) is 0 Å². The van der Waals surface area contributed by atoms with Crippen molar-refractivity contribution in [1.82, 2.24) is 5.32 Å². The van der Waals surface area contributed by atoms with Crippen LogP contribution in [0.1, 0.15) is 58.8 Å². The molecule has 2 aliphatic carbocycles. The van der Waals surface area contributed by atoms with E-state index in [9.17, 15) is 4.79 Å². The fraction of sp³-hybridized carbons (Fsp3) is 0.933. The van der Waals surface area contributed by atoms with E-state index in [1.807, 2.05) is 0 Å². The lowest BCUT2D eigenvalue weighted by Crippen LogP contribution is -2.56. The van der Waals surface area contributed by atoms with Crippen LogP contribution in [-0.4, -0.2) is 18.5 Å². The van der Waals surface area contributed by atoms with E-state index in [0.717, 1.165) is 12.8 Å². The summed E-state index contributed by atoms with van der Waals surface area (Å²) in [5.74, 6) is 1.54. The zero-order valence-corrected chi connectivity index (χ0v) is 11.9. The third kappa shape index (κ3) is 2.71. The van der Waals surface area contributed by atoms with E-state index >= 15 is 0 Å². The van der Waals surface area contributed by atoms with E-state index < -0.39 is 0 Å². The minimum Gasteiger partial charge on any atom is -0.353 e. The molecule has 0 spiro atoms. The van der Waals surface area contributed by atoms with Crippen molar-refractivity contribution in [2.75, 3.05) is 6.54 Å². The maximum Gasteiger partial charge on any atom is 0.227 e. The monoisotopic (exact) mass is 252 g/mol. The SMILES string of the molecule is CC1CC(CN)(C(=O)NC(C)C2CCCCC2)C1. The second kappa shape index (κ2) is 5.60. The van der Waals surface area contributed by atoms with Crippen LogP contribution in [0.4, 0.5) is 0 Å². The summed E-state index contributed by atoms with van der Waals surface area (Å²) >= 11 is 0. The van der Waals surface area contributed by atoms with Crippen molar-refractivity contribution in [1.29, 1.82) is 0 Å². The molecule has 0 saturated heterocycles. The molecule has 104 valence electrons. The summed E-state index contributed by atoms with van der Waals surface area (Å²) in [4.78, 5) is 12.4. The van der Waals surface area contributed by atoms with Crippen LogP contribution in [0.3, 0.4) is 0 Å². The minimum atomic E-state index is -0.248. The molecule has 1 atom stereocenters. The van der Waals surface area contributed by atoms with E-state index in [2.05, 4.69) is 19.2 Å². The summed E-state index contributed by atoms with van der Waals surface area (Å²) in [6.07, 6.45) is 8.48. The Morgan fingerprint density at radius 1 is 1.33 bits per heavy atom. The molecular weight excluding hydrogens is 224 g/mol. The van der Waals surface area contributed by atoms with Crippen LogP contribution < -0.4 is 11.1 Å². The van der Waals surface area contributed by atoms with Crippen molar-refractivity contribution in [3.05, 3.63) is 0 Å². The molecular formula is C15H28N2O. The van der Waals surface area contributed by atoms with E-state index in [1.165, 1.54) is 32.1 Å². The second-order valence-electron chi connectivity index (χ2n) is 6.66. The Bertz CT molecular complexity index is 291. The highest BCUT2D eigenvalue weighted by molar-refractivity contribution is 5.84. The number of hydrogen-bond donors (Lipinski definition) is 2. The number of amides is 1. The molecule has 3 nitrogen and oxygen atoms in total. The predicted molar refractivity (Wildman–Crippen MR) is 74.1 cm³/mol. The molecule has 1 amide bonds. The summed E-state index contributed by atoms with van der Waals surface area (Å²) in [7, 11) is 0. The normalized spacial score (nSPS) is 34.7. The molecule has 0 aromatic rings. The Balaban J connectivity index is 1.86. The number of nitrogens with two attached hydrogens (primary N) is 1. The van der Waals surface area contributed by atoms with E-state index in [0.29, 0.717) is 24.4 Å². The first-order chi connectivity index (χ1) is 8.57. The summed E-state index contributed by atoms with van der Waals surface area (Å²) < 4.78 is 0. The Hall–Kier alpha value is -0.570. The standard InChI is InChI=1S/C15H28N2O/c1-11-8-15(9-11,10-16)14(18)17-12(2)13-6-4-3-5-7-13/h11-13H,3-10,16H2,1-2H3,(H,17,18). The van der Waals surface area contributed by atoms with Crippen molar-refractivity contribution in [2.24, 2.45) is 23.0 Å². The van der Waals surface area contributed by atoms with E-state index in [4.69, 9.17) is 5.73 Å². The Labute approximate surface area is 111 Å². The quantitative estimate of drug-likeness (QED) is 0.807. The number of carbonyl (C=O) groups excluding carboxylic acids is 1. The van der Waals surface area contributed by atoms with Gasteiger partial charge in [-0.3, -0.25) is 4.79 Å². The highest BCUT2D eigenvalue weighted by Crippen LogP contribution is 2.45. The van der Waals surface area contributed by atoms with Gasteiger partial charge in [-0.1, -0.05) is 26.2 Å². The van der Waals surface area contributed by atoms with Gasteiger partial charge in [0, 0.05) is 12.6 Å². The molecule has 0 heterocycles. The third-order valence-corrected chi connectivity index (χ3v) is 5.07. The first-order valence-electron chi connectivity index (χ1n) is 7.58. The van der Waals surface area contributed by atoms with Crippen LogP contribution in [0.25, 0.3) is 0 Å². The summed E-state index contributed by atoms with van der Waals surface area (Å²) in [5.41, 5.74) is 5.58. The first kappa shape index (κ1) is 13.9. The average molecular weight is 252 g/mol. The van der Waals surface area contributed by atoms with Gasteiger partial charge in [-0.05, 0) is 44.4 Å². The fourth-order valence-electron chi connectivity index (χ4n) is 3.83. The van der Waals surface area contributed by atoms with Gasteiger partial charge >= 0.3 is 0 Å². The summed E-state index contributed by atoms with van der Waals surface area (Å²) in [6.45, 7) is 4.87. The van der Waals surface area contributed by atoms with Gasteiger partial charge in [0.25, 0.3) is 0 Å². The molecule has 2 saturated carbocycles. The highest BCUT2D eigenvalue weighted by Gasteiger charge is 2.47. The van der Waals surface area contributed by atoms with Crippen molar-refractivity contribution in [3.63, 3.8) is 0 Å². The van der Waals surface area contributed by atoms with E-state index in [1.54, 1.807) is 0 Å². The maximum absolute atomic E-state index is 12.4. The van der Waals surface area contributed by atoms with Crippen LogP contribution >= 0.6 is 0 Å². The molecule has 1 unspecified atom stereocenters. The number of nitrogens with one attached hydrogen (secondary N) is 1. The van der Waals surface area contributed by atoms with Crippen LogP contribution in [0.2, 0.25) is 0 Å². The molecule has 0 aromatic carbocycles. The lowest BCUT2D eigenvalue weighted by atomic mass is 9.62. The van der Waals surface area contributed by atoms with Gasteiger partial charge in [0.1, 0.15) is 0 Å². The summed E-state index contributed by atoms with van der Waals surface area (Å²) in [5, 5.41) is 3.24. The molecule has 2 rings (SSSR count). The van der Waals surface area contributed by atoms with Crippen molar-refractivity contribution in [2.45, 2.75) is 64.8 Å². The smallest absolute Gasteiger partial charge is 0.227 e. The Morgan fingerprint density at radius 2 is 1.94 bits per heavy atom. The largest absolute Gasteiger partial charge is 0.353 e. The molecule has 3 N–H and O–H groups in total. The fourth-order valence-corrected chi connectivity index (χ4v) is 3.83. The van der Waals surface area contributed by atoms with Crippen LogP contribution in [0.15, 0.2) is 0 Å². The minimum absolute atomic E-state index is 0.209. The molecule has 0 aromatic heterocycles. The van der Waals surface area contributed by atoms with Crippen molar-refractivity contribution >= 4 is 5.91 Å². The number of rotatable bonds is 4. The molecule has 0 radical (unpaired) electrons. The van der Waals surface area contributed by atoms with Gasteiger partial charge in [0.15, 0.2) is 0 Å². The lowest BCUT2D eigenvalue weighted by Gasteiger charge is -2.45. The van der Waals surface area contributed by atoms with Gasteiger partial charge in [0.05, 0.1) is 5.41 Å². The second-order valence-corrected chi connectivity index (χ2v) is 6.66. The first-order valence-corrected chi connectivity index (χ1v) is 7.58. The molecule has 18 heavy (non-hydrogen) atoms. The van der Waals surface area contributed by atoms with E-state index in [-0.39, 0.29) is 11.3 Å². The van der Waals surface area contributed by atoms with Crippen LogP contribution in [0, 0.1) is 17.3 Å². The van der Waals surface area contributed by atoms with Crippen LogP contribution in [-0.2, 0) is 4.79 Å². The average Bonchev–Trinajstić information content (AvgIpc) is 2.35. The third-order valence-electron chi connectivity index (χ3n) is 5.07. The highest BCUT2D eigenvalue weighted by atomic mass is 16.2. The van der Waals surface area contributed by atoms with Crippen molar-refractivity contribution < 1.29 is 4.79 Å². The number of hydrogen-bond acceptors (Lipinski definition) is 2. The Kier molecular flexibility index (Phi) is 4.31. The van der Waals surface area contributed by atoms with Gasteiger partial charge in [-0.15, -0.1) is 0 Å². The van der Waals surface area contributed by atoms with Crippen molar-refractivity contribution in [3.8, 4) is 0 Å². The Morgan fingerprint density at radius 3 is 2.44 bits per heavy atom. The molecule has 0 aliphatic heterocycles. The van der Waals surface area contributed by atoms with Gasteiger partial charge < -0.3 is 11.1 Å². The zero-order valence-electron chi connectivity index (χ0n) is 11.9. The molecule has 2 aliphatic rings.